The zero-order valence-corrected chi connectivity index (χ0v) is 10.0. The van der Waals surface area contributed by atoms with Gasteiger partial charge in [-0.2, -0.15) is 0 Å². The van der Waals surface area contributed by atoms with Crippen LogP contribution in [0.3, 0.4) is 0 Å². The van der Waals surface area contributed by atoms with Gasteiger partial charge in [-0.1, -0.05) is 6.92 Å². The molecule has 0 unspecified atom stereocenters. The highest BCUT2D eigenvalue weighted by molar-refractivity contribution is 7.21. The van der Waals surface area contributed by atoms with Crippen LogP contribution in [-0.2, 0) is 6.42 Å². The van der Waals surface area contributed by atoms with E-state index in [0.29, 0.717) is 4.88 Å². The summed E-state index contributed by atoms with van der Waals surface area (Å²) in [6, 6.07) is 3.75. The Morgan fingerprint density at radius 3 is 2.75 bits per heavy atom. The molecule has 0 atom stereocenters. The molecule has 3 N–H and O–H groups in total. The second-order valence-corrected chi connectivity index (χ2v) is 4.77. The number of nitrogen functional groups attached to an aromatic ring is 1. The Morgan fingerprint density at radius 1 is 1.50 bits per heavy atom. The summed E-state index contributed by atoms with van der Waals surface area (Å²) in [7, 11) is 0. The minimum Gasteiger partial charge on any atom is -0.477 e. The molecule has 2 aromatic rings. The molecule has 0 radical (unpaired) electrons. The van der Waals surface area contributed by atoms with Crippen molar-refractivity contribution < 1.29 is 9.90 Å². The first-order chi connectivity index (χ1) is 7.56. The van der Waals surface area contributed by atoms with Crippen molar-refractivity contribution in [2.75, 3.05) is 5.73 Å². The highest BCUT2D eigenvalue weighted by atomic mass is 32.1. The molecule has 0 saturated heterocycles. The van der Waals surface area contributed by atoms with Gasteiger partial charge in [-0.15, -0.1) is 11.3 Å². The lowest BCUT2D eigenvalue weighted by Gasteiger charge is -2.05. The van der Waals surface area contributed by atoms with Crippen molar-refractivity contribution in [2.24, 2.45) is 0 Å². The zero-order chi connectivity index (χ0) is 11.9. The molecule has 0 aliphatic carbocycles. The first-order valence-corrected chi connectivity index (χ1v) is 5.91. The molecule has 2 rings (SSSR count). The lowest BCUT2D eigenvalue weighted by Crippen LogP contribution is -1.96. The van der Waals surface area contributed by atoms with Gasteiger partial charge in [-0.05, 0) is 36.6 Å². The van der Waals surface area contributed by atoms with Crippen LogP contribution < -0.4 is 5.73 Å². The van der Waals surface area contributed by atoms with E-state index in [1.54, 1.807) is 0 Å². The number of carboxylic acid groups (broad SMARTS) is 1. The maximum absolute atomic E-state index is 11.1. The van der Waals surface area contributed by atoms with E-state index in [9.17, 15) is 4.79 Å². The maximum atomic E-state index is 11.1. The van der Waals surface area contributed by atoms with Crippen LogP contribution in [0.1, 0.15) is 27.7 Å². The predicted molar refractivity (Wildman–Crippen MR) is 67.3 cm³/mol. The number of anilines is 1. The van der Waals surface area contributed by atoms with Gasteiger partial charge in [0.2, 0.25) is 0 Å². The lowest BCUT2D eigenvalue weighted by molar-refractivity contribution is 0.0701. The maximum Gasteiger partial charge on any atom is 0.346 e. The zero-order valence-electron chi connectivity index (χ0n) is 9.20. The summed E-state index contributed by atoms with van der Waals surface area (Å²) >= 11 is 1.32. The quantitative estimate of drug-likeness (QED) is 0.786. The number of aryl methyl sites for hydroxylation is 2. The molecule has 1 aromatic carbocycles. The Bertz CT molecular complexity index is 572. The van der Waals surface area contributed by atoms with Crippen LogP contribution in [0.15, 0.2) is 12.1 Å². The average molecular weight is 235 g/mol. The van der Waals surface area contributed by atoms with E-state index in [4.69, 9.17) is 10.8 Å². The number of hydrogen-bond acceptors (Lipinski definition) is 3. The molecule has 1 heterocycles. The SMILES string of the molecule is CCc1c(N)ccc2sc(C(=O)O)c(C)c12. The third kappa shape index (κ3) is 1.46. The van der Waals surface area contributed by atoms with Gasteiger partial charge < -0.3 is 10.8 Å². The van der Waals surface area contributed by atoms with Gasteiger partial charge in [-0.3, -0.25) is 0 Å². The van der Waals surface area contributed by atoms with E-state index < -0.39 is 5.97 Å². The Balaban J connectivity index is 2.87. The predicted octanol–water partition coefficient (Wildman–Crippen LogP) is 3.05. The number of nitrogens with two attached hydrogens (primary N) is 1. The van der Waals surface area contributed by atoms with Crippen LogP contribution in [0, 0.1) is 6.92 Å². The van der Waals surface area contributed by atoms with Gasteiger partial charge in [0.25, 0.3) is 0 Å². The highest BCUT2D eigenvalue weighted by Gasteiger charge is 2.17. The molecule has 84 valence electrons. The summed E-state index contributed by atoms with van der Waals surface area (Å²) < 4.78 is 1.00. The molecule has 4 heteroatoms. The van der Waals surface area contributed by atoms with Gasteiger partial charge in [0.15, 0.2) is 0 Å². The topological polar surface area (TPSA) is 63.3 Å². The van der Waals surface area contributed by atoms with E-state index in [1.807, 2.05) is 26.0 Å². The number of thiophene rings is 1. The van der Waals surface area contributed by atoms with Crippen molar-refractivity contribution in [1.29, 1.82) is 0 Å². The summed E-state index contributed by atoms with van der Waals surface area (Å²) in [5.74, 6) is -0.862. The molecule has 0 bridgehead atoms. The van der Waals surface area contributed by atoms with Crippen LogP contribution in [0.25, 0.3) is 10.1 Å². The van der Waals surface area contributed by atoms with E-state index in [2.05, 4.69) is 0 Å². The molecule has 0 aliphatic rings. The number of rotatable bonds is 2. The summed E-state index contributed by atoms with van der Waals surface area (Å²) in [5, 5.41) is 10.1. The third-order valence-electron chi connectivity index (χ3n) is 2.79. The molecule has 0 saturated carbocycles. The first kappa shape index (κ1) is 11.0. The minimum absolute atomic E-state index is 0.412. The summed E-state index contributed by atoms with van der Waals surface area (Å²) in [6.45, 7) is 3.88. The molecule has 0 spiro atoms. The molecule has 3 nitrogen and oxygen atoms in total. The summed E-state index contributed by atoms with van der Waals surface area (Å²) in [5.41, 5.74) is 8.54. The van der Waals surface area contributed by atoms with E-state index in [1.165, 1.54) is 11.3 Å². The van der Waals surface area contributed by atoms with Gasteiger partial charge in [0, 0.05) is 15.8 Å². The smallest absolute Gasteiger partial charge is 0.346 e. The van der Waals surface area contributed by atoms with Crippen LogP contribution in [0.2, 0.25) is 0 Å². The van der Waals surface area contributed by atoms with E-state index in [-0.39, 0.29) is 0 Å². The van der Waals surface area contributed by atoms with Gasteiger partial charge >= 0.3 is 5.97 Å². The first-order valence-electron chi connectivity index (χ1n) is 5.10. The second kappa shape index (κ2) is 3.79. The molecular weight excluding hydrogens is 222 g/mol. The van der Waals surface area contributed by atoms with Crippen LogP contribution in [-0.4, -0.2) is 11.1 Å². The van der Waals surface area contributed by atoms with Crippen LogP contribution in [0.4, 0.5) is 5.69 Å². The molecule has 1 aromatic heterocycles. The fourth-order valence-electron chi connectivity index (χ4n) is 2.02. The Hall–Kier alpha value is -1.55. The summed E-state index contributed by atoms with van der Waals surface area (Å²) in [4.78, 5) is 11.5. The van der Waals surface area contributed by atoms with Crippen molar-refractivity contribution in [2.45, 2.75) is 20.3 Å². The highest BCUT2D eigenvalue weighted by Crippen LogP contribution is 2.35. The fourth-order valence-corrected chi connectivity index (χ4v) is 3.10. The van der Waals surface area contributed by atoms with Gasteiger partial charge in [0.05, 0.1) is 0 Å². The van der Waals surface area contributed by atoms with E-state index >= 15 is 0 Å². The van der Waals surface area contributed by atoms with Gasteiger partial charge in [-0.25, -0.2) is 4.79 Å². The summed E-state index contributed by atoms with van der Waals surface area (Å²) in [6.07, 6.45) is 0.819. The second-order valence-electron chi connectivity index (χ2n) is 3.72. The molecule has 0 fully saturated rings. The van der Waals surface area contributed by atoms with Crippen molar-refractivity contribution in [3.8, 4) is 0 Å². The van der Waals surface area contributed by atoms with Crippen molar-refractivity contribution in [1.82, 2.24) is 0 Å². The van der Waals surface area contributed by atoms with Crippen molar-refractivity contribution >= 4 is 33.1 Å². The van der Waals surface area contributed by atoms with Crippen LogP contribution in [0.5, 0.6) is 0 Å². The molecular formula is C12H13NO2S. The molecule has 16 heavy (non-hydrogen) atoms. The number of fused-ring (bicyclic) bond motifs is 1. The largest absolute Gasteiger partial charge is 0.477 e. The Kier molecular flexibility index (Phi) is 2.59. The number of hydrogen-bond donors (Lipinski definition) is 2. The van der Waals surface area contributed by atoms with Crippen LogP contribution >= 0.6 is 11.3 Å². The van der Waals surface area contributed by atoms with Crippen molar-refractivity contribution in [3.05, 3.63) is 28.1 Å². The Labute approximate surface area is 97.5 Å². The third-order valence-corrected chi connectivity index (χ3v) is 4.03. The average Bonchev–Trinajstić information content (AvgIpc) is 2.57. The Morgan fingerprint density at radius 2 is 2.19 bits per heavy atom. The normalized spacial score (nSPS) is 10.9. The standard InChI is InChI=1S/C12H13NO2S/c1-3-7-8(13)4-5-9-10(7)6(2)11(16-9)12(14)15/h4-5H,3,13H2,1-2H3,(H,14,15). The molecule has 0 aliphatic heterocycles. The number of carbonyl (C=O) groups is 1. The molecule has 0 amide bonds. The number of aromatic carboxylic acids is 1. The van der Waals surface area contributed by atoms with Crippen molar-refractivity contribution in [3.63, 3.8) is 0 Å². The number of carboxylic acids is 1. The lowest BCUT2D eigenvalue weighted by atomic mass is 10.0. The van der Waals surface area contributed by atoms with E-state index in [0.717, 1.165) is 33.3 Å². The van der Waals surface area contributed by atoms with Gasteiger partial charge in [0.1, 0.15) is 4.88 Å². The number of benzene rings is 1. The fraction of sp³-hybridized carbons (Fsp3) is 0.250. The monoisotopic (exact) mass is 235 g/mol. The minimum atomic E-state index is -0.862.